The van der Waals surface area contributed by atoms with E-state index in [1.807, 2.05) is 18.2 Å². The molecule has 24 heavy (non-hydrogen) atoms. The van der Waals surface area contributed by atoms with E-state index in [-0.39, 0.29) is 0 Å². The number of ether oxygens (including phenoxy) is 4. The molecule has 0 unspecified atom stereocenters. The van der Waals surface area contributed by atoms with Crippen molar-refractivity contribution in [2.75, 3.05) is 27.9 Å². The van der Waals surface area contributed by atoms with Crippen molar-refractivity contribution in [3.8, 4) is 11.5 Å². The molecule has 0 fully saturated rings. The summed E-state index contributed by atoms with van der Waals surface area (Å²) in [5, 5.41) is 0. The highest BCUT2D eigenvalue weighted by Gasteiger charge is 2.13. The van der Waals surface area contributed by atoms with Gasteiger partial charge in [0.15, 0.2) is 17.8 Å². The van der Waals surface area contributed by atoms with Gasteiger partial charge >= 0.3 is 0 Å². The molecule has 4 nitrogen and oxygen atoms in total. The molecule has 0 N–H and O–H groups in total. The van der Waals surface area contributed by atoms with E-state index < -0.39 is 6.29 Å². The van der Waals surface area contributed by atoms with Gasteiger partial charge in [-0.1, -0.05) is 23.3 Å². The van der Waals surface area contributed by atoms with Crippen molar-refractivity contribution in [3.05, 3.63) is 47.1 Å². The maximum atomic E-state index is 5.83. The Bertz CT molecular complexity index is 553. The molecule has 0 saturated carbocycles. The second-order valence-corrected chi connectivity index (χ2v) is 5.90. The average Bonchev–Trinajstić information content (AvgIpc) is 2.56. The van der Waals surface area contributed by atoms with Gasteiger partial charge in [-0.2, -0.15) is 0 Å². The molecule has 1 rings (SSSR count). The van der Waals surface area contributed by atoms with Crippen LogP contribution in [0.15, 0.2) is 41.5 Å². The number of allylic oxidation sites excluding steroid dienone is 3. The van der Waals surface area contributed by atoms with Crippen LogP contribution >= 0.6 is 0 Å². The molecule has 0 bridgehead atoms. The third-order valence-electron chi connectivity index (χ3n) is 3.65. The molecule has 0 radical (unpaired) electrons. The summed E-state index contributed by atoms with van der Waals surface area (Å²) in [7, 11) is 4.84. The van der Waals surface area contributed by atoms with Gasteiger partial charge in [0, 0.05) is 19.8 Å². The summed E-state index contributed by atoms with van der Waals surface area (Å²) in [6.45, 7) is 6.89. The van der Waals surface area contributed by atoms with Crippen LogP contribution in [-0.2, 0) is 9.47 Å². The second-order valence-electron chi connectivity index (χ2n) is 5.90. The summed E-state index contributed by atoms with van der Waals surface area (Å²) >= 11 is 0. The van der Waals surface area contributed by atoms with Gasteiger partial charge in [-0.15, -0.1) is 0 Å². The van der Waals surface area contributed by atoms with Crippen molar-refractivity contribution in [2.45, 2.75) is 39.9 Å². The lowest BCUT2D eigenvalue weighted by Crippen LogP contribution is -2.05. The summed E-state index contributed by atoms with van der Waals surface area (Å²) in [4.78, 5) is 0. The first-order valence-electron chi connectivity index (χ1n) is 8.17. The first-order valence-corrected chi connectivity index (χ1v) is 8.17. The Labute approximate surface area is 146 Å². The van der Waals surface area contributed by atoms with Gasteiger partial charge in [0.1, 0.15) is 6.61 Å². The standard InChI is InChI=1S/C20H30O4/c1-15(2)8-7-9-16(3)12-13-24-18-11-10-17(14-19(18)21-4)20(22-5)23-6/h8,10-12,14,20H,7,9,13H2,1-6H3. The Kier molecular flexibility index (Phi) is 9.20. The first kappa shape index (κ1) is 20.3. The number of hydrogen-bond acceptors (Lipinski definition) is 4. The van der Waals surface area contributed by atoms with Crippen molar-refractivity contribution in [1.29, 1.82) is 0 Å². The van der Waals surface area contributed by atoms with E-state index in [4.69, 9.17) is 18.9 Å². The molecule has 0 aliphatic carbocycles. The minimum atomic E-state index is -0.412. The SMILES string of the molecule is COc1cc(C(OC)OC)ccc1OCC=C(C)CCC=C(C)C. The lowest BCUT2D eigenvalue weighted by atomic mass is 10.1. The fourth-order valence-corrected chi connectivity index (χ4v) is 2.28. The largest absolute Gasteiger partial charge is 0.493 e. The number of methoxy groups -OCH3 is 3. The van der Waals surface area contributed by atoms with Crippen LogP contribution in [0.1, 0.15) is 45.5 Å². The molecule has 134 valence electrons. The molecule has 0 amide bonds. The predicted octanol–water partition coefficient (Wildman–Crippen LogP) is 5.06. The van der Waals surface area contributed by atoms with Gasteiger partial charge in [-0.25, -0.2) is 0 Å². The summed E-state index contributed by atoms with van der Waals surface area (Å²) in [6.07, 6.45) is 6.07. The Hall–Kier alpha value is -1.78. The van der Waals surface area contributed by atoms with Crippen molar-refractivity contribution < 1.29 is 18.9 Å². The summed E-state index contributed by atoms with van der Waals surface area (Å²) in [5.74, 6) is 1.38. The quantitative estimate of drug-likeness (QED) is 0.443. The van der Waals surface area contributed by atoms with Crippen LogP contribution in [0.2, 0.25) is 0 Å². The van der Waals surface area contributed by atoms with E-state index in [9.17, 15) is 0 Å². The van der Waals surface area contributed by atoms with E-state index in [1.165, 1.54) is 11.1 Å². The zero-order valence-corrected chi connectivity index (χ0v) is 15.7. The Morgan fingerprint density at radius 1 is 1.00 bits per heavy atom. The summed E-state index contributed by atoms with van der Waals surface area (Å²) in [5.41, 5.74) is 3.56. The van der Waals surface area contributed by atoms with E-state index in [0.717, 1.165) is 18.4 Å². The molecule has 4 heteroatoms. The highest BCUT2D eigenvalue weighted by atomic mass is 16.7. The molecule has 0 aliphatic rings. The van der Waals surface area contributed by atoms with Gasteiger partial charge in [-0.3, -0.25) is 0 Å². The third-order valence-corrected chi connectivity index (χ3v) is 3.65. The minimum Gasteiger partial charge on any atom is -0.493 e. The minimum absolute atomic E-state index is 0.412. The molecule has 1 aromatic carbocycles. The Morgan fingerprint density at radius 2 is 1.71 bits per heavy atom. The van der Waals surface area contributed by atoms with E-state index in [0.29, 0.717) is 18.1 Å². The van der Waals surface area contributed by atoms with Gasteiger partial charge in [0.05, 0.1) is 7.11 Å². The lowest BCUT2D eigenvalue weighted by molar-refractivity contribution is -0.106. The van der Waals surface area contributed by atoms with Crippen molar-refractivity contribution in [1.82, 2.24) is 0 Å². The fourth-order valence-electron chi connectivity index (χ4n) is 2.28. The highest BCUT2D eigenvalue weighted by Crippen LogP contribution is 2.31. The molecule has 0 aromatic heterocycles. The molecule has 0 heterocycles. The third kappa shape index (κ3) is 6.77. The molecule has 0 saturated heterocycles. The van der Waals surface area contributed by atoms with Gasteiger partial charge in [-0.05, 0) is 51.8 Å². The first-order chi connectivity index (χ1) is 11.5. The van der Waals surface area contributed by atoms with E-state index in [2.05, 4.69) is 32.9 Å². The maximum absolute atomic E-state index is 5.83. The van der Waals surface area contributed by atoms with Crippen LogP contribution in [0.4, 0.5) is 0 Å². The molecule has 0 spiro atoms. The molecular formula is C20H30O4. The van der Waals surface area contributed by atoms with E-state index in [1.54, 1.807) is 21.3 Å². The van der Waals surface area contributed by atoms with Gasteiger partial charge < -0.3 is 18.9 Å². The van der Waals surface area contributed by atoms with Crippen LogP contribution in [0.5, 0.6) is 11.5 Å². The van der Waals surface area contributed by atoms with Crippen LogP contribution in [0, 0.1) is 0 Å². The van der Waals surface area contributed by atoms with Crippen LogP contribution in [0.25, 0.3) is 0 Å². The van der Waals surface area contributed by atoms with Crippen LogP contribution in [0.3, 0.4) is 0 Å². The topological polar surface area (TPSA) is 36.9 Å². The van der Waals surface area contributed by atoms with Gasteiger partial charge in [0.25, 0.3) is 0 Å². The lowest BCUT2D eigenvalue weighted by Gasteiger charge is -2.16. The summed E-state index contributed by atoms with van der Waals surface area (Å²) < 4.78 is 21.8. The van der Waals surface area contributed by atoms with Crippen LogP contribution < -0.4 is 9.47 Å². The highest BCUT2D eigenvalue weighted by molar-refractivity contribution is 5.43. The normalized spacial score (nSPS) is 11.5. The average molecular weight is 334 g/mol. The zero-order chi connectivity index (χ0) is 17.9. The Balaban J connectivity index is 2.66. The van der Waals surface area contributed by atoms with Crippen molar-refractivity contribution in [3.63, 3.8) is 0 Å². The molecule has 1 aromatic rings. The number of benzene rings is 1. The van der Waals surface area contributed by atoms with Crippen molar-refractivity contribution >= 4 is 0 Å². The molecule has 0 aliphatic heterocycles. The van der Waals surface area contributed by atoms with Gasteiger partial charge in [0.2, 0.25) is 0 Å². The maximum Gasteiger partial charge on any atom is 0.183 e. The second kappa shape index (κ2) is 10.9. The summed E-state index contributed by atoms with van der Waals surface area (Å²) in [6, 6.07) is 5.67. The predicted molar refractivity (Wildman–Crippen MR) is 97.7 cm³/mol. The zero-order valence-electron chi connectivity index (χ0n) is 15.7. The monoisotopic (exact) mass is 334 g/mol. The molecular weight excluding hydrogens is 304 g/mol. The number of rotatable bonds is 10. The smallest absolute Gasteiger partial charge is 0.183 e. The number of hydrogen-bond donors (Lipinski definition) is 0. The van der Waals surface area contributed by atoms with Crippen LogP contribution in [-0.4, -0.2) is 27.9 Å². The van der Waals surface area contributed by atoms with Crippen molar-refractivity contribution in [2.24, 2.45) is 0 Å². The van der Waals surface area contributed by atoms with E-state index >= 15 is 0 Å². The fraction of sp³-hybridized carbons (Fsp3) is 0.500. The Morgan fingerprint density at radius 3 is 2.29 bits per heavy atom. The molecule has 0 atom stereocenters.